The minimum absolute atomic E-state index is 0.118. The zero-order chi connectivity index (χ0) is 16.6. The number of ether oxygens (including phenoxy) is 1. The van der Waals surface area contributed by atoms with Gasteiger partial charge in [0.1, 0.15) is 6.61 Å². The van der Waals surface area contributed by atoms with Gasteiger partial charge in [0.25, 0.3) is 10.1 Å². The average molecular weight is 331 g/mol. The number of hydrogen-bond acceptors (Lipinski definition) is 5. The minimum atomic E-state index is -4.34. The van der Waals surface area contributed by atoms with Gasteiger partial charge in [-0.1, -0.05) is 30.3 Å². The first-order valence-corrected chi connectivity index (χ1v) is 8.11. The summed E-state index contributed by atoms with van der Waals surface area (Å²) in [6.07, 6.45) is 1.13. The molecule has 23 heavy (non-hydrogen) atoms. The van der Waals surface area contributed by atoms with E-state index in [1.807, 2.05) is 24.3 Å². The number of esters is 1. The monoisotopic (exact) mass is 331 g/mol. The highest BCUT2D eigenvalue weighted by molar-refractivity contribution is 7.85. The van der Waals surface area contributed by atoms with Gasteiger partial charge in [0.05, 0.1) is 4.90 Å². The maximum Gasteiger partial charge on any atom is 0.383 e. The van der Waals surface area contributed by atoms with E-state index >= 15 is 0 Å². The molecule has 0 saturated heterocycles. The maximum absolute atomic E-state index is 11.3. The topological polar surface area (TPSA) is 97.7 Å². The van der Waals surface area contributed by atoms with Gasteiger partial charge in [-0.05, 0) is 34.4 Å². The highest BCUT2D eigenvalue weighted by Crippen LogP contribution is 2.45. The molecule has 1 atom stereocenters. The third kappa shape index (κ3) is 2.76. The van der Waals surface area contributed by atoms with Gasteiger partial charge in [-0.15, -0.1) is 0 Å². The van der Waals surface area contributed by atoms with Gasteiger partial charge in [0.15, 0.2) is 0 Å². The van der Waals surface area contributed by atoms with E-state index in [1.54, 1.807) is 6.07 Å². The van der Waals surface area contributed by atoms with Crippen LogP contribution in [-0.4, -0.2) is 31.8 Å². The fourth-order valence-electron chi connectivity index (χ4n) is 2.82. The number of hydrogen-bond donors (Lipinski definition) is 1. The Bertz CT molecular complexity index is 901. The molecule has 7 heteroatoms. The molecule has 1 unspecified atom stereocenters. The van der Waals surface area contributed by atoms with Crippen LogP contribution in [0.3, 0.4) is 0 Å². The number of carbonyl (C=O) groups is 1. The largest absolute Gasteiger partial charge is 0.459 e. The van der Waals surface area contributed by atoms with Crippen molar-refractivity contribution < 1.29 is 27.3 Å². The zero-order valence-corrected chi connectivity index (χ0v) is 12.5. The van der Waals surface area contributed by atoms with Crippen molar-refractivity contribution in [3.8, 4) is 11.1 Å². The lowest BCUT2D eigenvalue weighted by Gasteiger charge is -2.13. The Morgan fingerprint density at radius 1 is 1.13 bits per heavy atom. The SMILES string of the molecule is O=[C]C(=O)OCC1c2ccccc2-c2ccc(S(=O)(=O)O)cc21. The van der Waals surface area contributed by atoms with Crippen molar-refractivity contribution in [1.29, 1.82) is 0 Å². The Morgan fingerprint density at radius 2 is 1.83 bits per heavy atom. The highest BCUT2D eigenvalue weighted by atomic mass is 32.2. The normalized spacial score (nSPS) is 15.6. The molecule has 0 saturated carbocycles. The molecule has 1 aliphatic rings. The molecule has 3 rings (SSSR count). The third-order valence-electron chi connectivity index (χ3n) is 3.79. The van der Waals surface area contributed by atoms with Gasteiger partial charge in [0, 0.05) is 5.92 Å². The Labute approximate surface area is 132 Å². The summed E-state index contributed by atoms with van der Waals surface area (Å²) in [7, 11) is -4.34. The van der Waals surface area contributed by atoms with Crippen LogP contribution in [-0.2, 0) is 24.4 Å². The van der Waals surface area contributed by atoms with Crippen LogP contribution in [0.15, 0.2) is 47.4 Å². The molecule has 0 heterocycles. The summed E-state index contributed by atoms with van der Waals surface area (Å²) in [5.41, 5.74) is 3.15. The summed E-state index contributed by atoms with van der Waals surface area (Å²) in [4.78, 5) is 21.1. The van der Waals surface area contributed by atoms with Crippen LogP contribution in [0.25, 0.3) is 11.1 Å². The minimum Gasteiger partial charge on any atom is -0.459 e. The van der Waals surface area contributed by atoms with Crippen molar-refractivity contribution in [1.82, 2.24) is 0 Å². The Kier molecular flexibility index (Phi) is 3.75. The first-order valence-electron chi connectivity index (χ1n) is 6.67. The van der Waals surface area contributed by atoms with E-state index in [2.05, 4.69) is 0 Å². The average Bonchev–Trinajstić information content (AvgIpc) is 2.85. The second-order valence-corrected chi connectivity index (χ2v) is 6.49. The van der Waals surface area contributed by atoms with E-state index in [0.717, 1.165) is 23.0 Å². The Hall–Kier alpha value is -2.51. The molecule has 6 nitrogen and oxygen atoms in total. The van der Waals surface area contributed by atoms with E-state index in [1.165, 1.54) is 12.1 Å². The highest BCUT2D eigenvalue weighted by Gasteiger charge is 2.30. The fraction of sp³-hybridized carbons (Fsp3) is 0.125. The van der Waals surface area contributed by atoms with Gasteiger partial charge in [-0.3, -0.25) is 9.35 Å². The van der Waals surface area contributed by atoms with Crippen LogP contribution in [0.4, 0.5) is 0 Å². The maximum atomic E-state index is 11.3. The van der Waals surface area contributed by atoms with Gasteiger partial charge in [-0.25, -0.2) is 4.79 Å². The summed E-state index contributed by atoms with van der Waals surface area (Å²) in [5.74, 6) is -1.53. The Balaban J connectivity index is 2.09. The first kappa shape index (κ1) is 15.4. The second-order valence-electron chi connectivity index (χ2n) is 5.06. The molecule has 2 aromatic carbocycles. The van der Waals surface area contributed by atoms with Crippen LogP contribution in [0.5, 0.6) is 0 Å². The number of rotatable bonds is 4. The quantitative estimate of drug-likeness (QED) is 0.520. The van der Waals surface area contributed by atoms with Gasteiger partial charge in [0.2, 0.25) is 0 Å². The molecule has 0 aliphatic heterocycles. The van der Waals surface area contributed by atoms with Crippen LogP contribution in [0, 0.1) is 0 Å². The summed E-state index contributed by atoms with van der Waals surface area (Å²) in [5, 5.41) is 0. The molecule has 2 aromatic rings. The van der Waals surface area contributed by atoms with Gasteiger partial charge < -0.3 is 4.74 Å². The van der Waals surface area contributed by atoms with E-state index < -0.39 is 22.0 Å². The number of benzene rings is 2. The molecule has 1 radical (unpaired) electrons. The van der Waals surface area contributed by atoms with Crippen LogP contribution in [0.1, 0.15) is 17.0 Å². The number of carbonyl (C=O) groups excluding carboxylic acids is 2. The lowest BCUT2D eigenvalue weighted by molar-refractivity contribution is -0.135. The molecular weight excluding hydrogens is 320 g/mol. The van der Waals surface area contributed by atoms with Crippen molar-refractivity contribution in [2.24, 2.45) is 0 Å². The molecule has 117 valence electrons. The van der Waals surface area contributed by atoms with Crippen molar-refractivity contribution in [2.75, 3.05) is 6.61 Å². The van der Waals surface area contributed by atoms with Crippen LogP contribution < -0.4 is 0 Å². The summed E-state index contributed by atoms with van der Waals surface area (Å²) < 4.78 is 36.7. The summed E-state index contributed by atoms with van der Waals surface area (Å²) in [6, 6.07) is 11.6. The smallest absolute Gasteiger partial charge is 0.383 e. The fourth-order valence-corrected chi connectivity index (χ4v) is 3.33. The van der Waals surface area contributed by atoms with E-state index in [-0.39, 0.29) is 11.5 Å². The molecule has 0 spiro atoms. The van der Waals surface area contributed by atoms with Crippen molar-refractivity contribution in [3.05, 3.63) is 53.6 Å². The third-order valence-corrected chi connectivity index (χ3v) is 4.64. The standard InChI is InChI=1S/C16H11O6S/c17-8-16(18)22-9-15-12-4-2-1-3-11(12)13-6-5-10(7-14(13)15)23(19,20)21/h1-7,15H,9H2,(H,19,20,21). The molecule has 0 fully saturated rings. The molecule has 0 bridgehead atoms. The molecule has 0 amide bonds. The van der Waals surface area contributed by atoms with Crippen LogP contribution in [0.2, 0.25) is 0 Å². The van der Waals surface area contributed by atoms with Crippen molar-refractivity contribution >= 4 is 22.4 Å². The summed E-state index contributed by atoms with van der Waals surface area (Å²) >= 11 is 0. The number of fused-ring (bicyclic) bond motifs is 3. The predicted molar refractivity (Wildman–Crippen MR) is 80.2 cm³/mol. The molecule has 1 aliphatic carbocycles. The lowest BCUT2D eigenvalue weighted by Crippen LogP contribution is -2.13. The predicted octanol–water partition coefficient (Wildman–Crippen LogP) is 1.70. The van der Waals surface area contributed by atoms with Gasteiger partial charge in [-0.2, -0.15) is 8.42 Å². The van der Waals surface area contributed by atoms with Crippen molar-refractivity contribution in [3.63, 3.8) is 0 Å². The van der Waals surface area contributed by atoms with Gasteiger partial charge >= 0.3 is 12.3 Å². The van der Waals surface area contributed by atoms with Crippen LogP contribution >= 0.6 is 0 Å². The van der Waals surface area contributed by atoms with E-state index in [0.29, 0.717) is 5.56 Å². The Morgan fingerprint density at radius 3 is 2.52 bits per heavy atom. The van der Waals surface area contributed by atoms with E-state index in [9.17, 15) is 22.6 Å². The molecule has 1 N–H and O–H groups in total. The lowest BCUT2D eigenvalue weighted by atomic mass is 9.98. The second kappa shape index (κ2) is 5.60. The van der Waals surface area contributed by atoms with Crippen molar-refractivity contribution in [2.45, 2.75) is 10.8 Å². The molecular formula is C16H11O6S. The summed E-state index contributed by atoms with van der Waals surface area (Å²) in [6.45, 7) is -0.118. The zero-order valence-electron chi connectivity index (χ0n) is 11.7. The van der Waals surface area contributed by atoms with E-state index in [4.69, 9.17) is 4.74 Å². The molecule has 0 aromatic heterocycles. The first-order chi connectivity index (χ1) is 10.9.